The van der Waals surface area contributed by atoms with Gasteiger partial charge in [-0.15, -0.1) is 0 Å². The number of methoxy groups -OCH3 is 1. The zero-order chi connectivity index (χ0) is 24.5. The quantitative estimate of drug-likeness (QED) is 0.478. The Morgan fingerprint density at radius 1 is 1.09 bits per heavy atom. The van der Waals surface area contributed by atoms with Crippen LogP contribution in [0.4, 0.5) is 11.4 Å². The number of ether oxygens (including phenoxy) is 1. The first-order valence-electron chi connectivity index (χ1n) is 12.1. The van der Waals surface area contributed by atoms with E-state index >= 15 is 0 Å². The van der Waals surface area contributed by atoms with Crippen LogP contribution in [0.5, 0.6) is 5.75 Å². The second kappa shape index (κ2) is 9.45. The molecular weight excluding hydrogens is 440 g/mol. The number of ketones is 1. The van der Waals surface area contributed by atoms with E-state index in [0.717, 1.165) is 34.1 Å². The number of carbonyl (C=O) groups is 2. The number of para-hydroxylation sites is 2. The minimum atomic E-state index is -0.539. The maximum absolute atomic E-state index is 13.8. The molecule has 0 unspecified atom stereocenters. The monoisotopic (exact) mass is 470 g/mol. The lowest BCUT2D eigenvalue weighted by Gasteiger charge is -2.35. The molecule has 6 heteroatoms. The maximum atomic E-state index is 13.8. The predicted octanol–water partition coefficient (Wildman–Crippen LogP) is 6.23. The molecule has 35 heavy (non-hydrogen) atoms. The first-order chi connectivity index (χ1) is 17.0. The van der Waals surface area contributed by atoms with E-state index in [2.05, 4.69) is 5.32 Å². The third-order valence-corrected chi connectivity index (χ3v) is 6.72. The van der Waals surface area contributed by atoms with Gasteiger partial charge in [0.05, 0.1) is 30.8 Å². The number of nitrogens with zero attached hydrogens (tertiary/aromatic N) is 1. The minimum Gasteiger partial charge on any atom is -0.497 e. The second-order valence-electron chi connectivity index (χ2n) is 9.62. The molecule has 1 aliphatic heterocycles. The molecule has 2 heterocycles. The highest BCUT2D eigenvalue weighted by Crippen LogP contribution is 2.47. The highest BCUT2D eigenvalue weighted by atomic mass is 16.5. The van der Waals surface area contributed by atoms with Gasteiger partial charge in [-0.1, -0.05) is 38.1 Å². The molecule has 0 saturated heterocycles. The van der Waals surface area contributed by atoms with Crippen LogP contribution < -0.4 is 15.0 Å². The first kappa shape index (κ1) is 23.0. The Bertz CT molecular complexity index is 1260. The normalized spacial score (nSPS) is 19.7. The van der Waals surface area contributed by atoms with Crippen molar-refractivity contribution in [2.45, 2.75) is 45.1 Å². The van der Waals surface area contributed by atoms with Crippen molar-refractivity contribution in [2.24, 2.45) is 5.92 Å². The van der Waals surface area contributed by atoms with Crippen LogP contribution >= 0.6 is 0 Å². The first-order valence-corrected chi connectivity index (χ1v) is 12.1. The van der Waals surface area contributed by atoms with Gasteiger partial charge in [-0.25, -0.2) is 0 Å². The summed E-state index contributed by atoms with van der Waals surface area (Å²) in [6.45, 7) is 4.07. The van der Waals surface area contributed by atoms with Crippen molar-refractivity contribution in [2.75, 3.05) is 17.3 Å². The molecule has 5 rings (SSSR count). The van der Waals surface area contributed by atoms with Gasteiger partial charge in [-0.3, -0.25) is 14.5 Å². The topological polar surface area (TPSA) is 71.8 Å². The molecule has 1 N–H and O–H groups in total. The molecule has 2 atom stereocenters. The molecule has 1 aromatic heterocycles. The van der Waals surface area contributed by atoms with Gasteiger partial charge in [-0.05, 0) is 54.3 Å². The van der Waals surface area contributed by atoms with Crippen molar-refractivity contribution in [3.63, 3.8) is 0 Å². The van der Waals surface area contributed by atoms with Gasteiger partial charge < -0.3 is 14.5 Å². The summed E-state index contributed by atoms with van der Waals surface area (Å²) >= 11 is 0. The van der Waals surface area contributed by atoms with E-state index in [-0.39, 0.29) is 23.5 Å². The van der Waals surface area contributed by atoms with E-state index < -0.39 is 6.04 Å². The van der Waals surface area contributed by atoms with Crippen molar-refractivity contribution < 1.29 is 18.7 Å². The fourth-order valence-corrected chi connectivity index (χ4v) is 5.14. The highest BCUT2D eigenvalue weighted by Gasteiger charge is 2.42. The molecule has 2 aliphatic rings. The minimum absolute atomic E-state index is 0.00947. The van der Waals surface area contributed by atoms with Gasteiger partial charge in [0.15, 0.2) is 5.78 Å². The number of amides is 1. The summed E-state index contributed by atoms with van der Waals surface area (Å²) in [4.78, 5) is 29.4. The molecular formula is C29H30N2O4. The predicted molar refractivity (Wildman–Crippen MR) is 135 cm³/mol. The maximum Gasteiger partial charge on any atom is 0.228 e. The van der Waals surface area contributed by atoms with Crippen LogP contribution in [0.2, 0.25) is 0 Å². The van der Waals surface area contributed by atoms with Gasteiger partial charge in [0.1, 0.15) is 11.5 Å². The molecule has 0 radical (unpaired) electrons. The van der Waals surface area contributed by atoms with Gasteiger partial charge in [0.25, 0.3) is 0 Å². The lowest BCUT2D eigenvalue weighted by atomic mass is 9.80. The molecule has 6 nitrogen and oxygen atoms in total. The third-order valence-electron chi connectivity index (χ3n) is 6.72. The van der Waals surface area contributed by atoms with Gasteiger partial charge in [0.2, 0.25) is 5.91 Å². The van der Waals surface area contributed by atoms with Crippen LogP contribution in [0.15, 0.2) is 82.6 Å². The summed E-state index contributed by atoms with van der Waals surface area (Å²) < 4.78 is 11.0. The summed E-state index contributed by atoms with van der Waals surface area (Å²) in [5.74, 6) is 1.67. The van der Waals surface area contributed by atoms with Crippen molar-refractivity contribution in [3.05, 3.63) is 89.5 Å². The summed E-state index contributed by atoms with van der Waals surface area (Å²) in [5, 5.41) is 3.54. The number of hydrogen-bond acceptors (Lipinski definition) is 5. The van der Waals surface area contributed by atoms with E-state index in [1.807, 2.05) is 79.4 Å². The largest absolute Gasteiger partial charge is 0.497 e. The number of carbonyl (C=O) groups excluding carboxylic acids is 2. The zero-order valence-electron chi connectivity index (χ0n) is 20.3. The van der Waals surface area contributed by atoms with Crippen LogP contribution in [0.25, 0.3) is 0 Å². The summed E-state index contributed by atoms with van der Waals surface area (Å²) in [6, 6.07) is 18.7. The average molecular weight is 471 g/mol. The van der Waals surface area contributed by atoms with Gasteiger partial charge >= 0.3 is 0 Å². The molecule has 0 fully saturated rings. The number of furan rings is 1. The van der Waals surface area contributed by atoms with Crippen molar-refractivity contribution in [1.82, 2.24) is 0 Å². The van der Waals surface area contributed by atoms with Crippen LogP contribution in [0, 0.1) is 5.92 Å². The standard InChI is InChI=1S/C29H30N2O4/c1-18(2)15-27(33)31-24-8-5-4-7-22(24)30-23-16-20(26-9-6-14-35-26)17-25(32)28(23)29(31)19-10-12-21(34-3)13-11-19/h4-14,18,20,29-30H,15-17H2,1-3H3/t20-,29+/m0/s1. The molecule has 0 spiro atoms. The van der Waals surface area contributed by atoms with Crippen LogP contribution in [0.3, 0.4) is 0 Å². The molecule has 0 bridgehead atoms. The van der Waals surface area contributed by atoms with Crippen molar-refractivity contribution in [3.8, 4) is 5.75 Å². The Labute approximate surface area is 205 Å². The molecule has 180 valence electrons. The van der Waals surface area contributed by atoms with Crippen molar-refractivity contribution in [1.29, 1.82) is 0 Å². The Morgan fingerprint density at radius 3 is 2.54 bits per heavy atom. The highest BCUT2D eigenvalue weighted by molar-refractivity contribution is 6.06. The fraction of sp³-hybridized carbons (Fsp3) is 0.310. The molecule has 2 aromatic carbocycles. The van der Waals surface area contributed by atoms with E-state index in [4.69, 9.17) is 9.15 Å². The average Bonchev–Trinajstić information content (AvgIpc) is 3.33. The van der Waals surface area contributed by atoms with E-state index in [9.17, 15) is 9.59 Å². The van der Waals surface area contributed by atoms with E-state index in [1.54, 1.807) is 13.4 Å². The third kappa shape index (κ3) is 4.36. The second-order valence-corrected chi connectivity index (χ2v) is 9.62. The fourth-order valence-electron chi connectivity index (χ4n) is 5.14. The van der Waals surface area contributed by atoms with E-state index in [0.29, 0.717) is 24.8 Å². The summed E-state index contributed by atoms with van der Waals surface area (Å²) in [6.07, 6.45) is 2.99. The smallest absolute Gasteiger partial charge is 0.228 e. The number of nitrogens with one attached hydrogen (secondary N) is 1. The van der Waals surface area contributed by atoms with Crippen molar-refractivity contribution >= 4 is 23.1 Å². The number of fused-ring (bicyclic) bond motifs is 1. The number of Topliss-reactive ketones (excluding diaryl/α,β-unsaturated/α-hetero) is 1. The number of anilines is 2. The Balaban J connectivity index is 1.70. The van der Waals surface area contributed by atoms with Gasteiger partial charge in [-0.2, -0.15) is 0 Å². The number of benzene rings is 2. The zero-order valence-corrected chi connectivity index (χ0v) is 20.3. The SMILES string of the molecule is COc1ccc([C@@H]2C3=C(C[C@H](c4ccco4)CC3=O)Nc3ccccc3N2C(=O)CC(C)C)cc1. The summed E-state index contributed by atoms with van der Waals surface area (Å²) in [5.41, 5.74) is 3.96. The van der Waals surface area contributed by atoms with Crippen LogP contribution in [-0.2, 0) is 9.59 Å². The van der Waals surface area contributed by atoms with Gasteiger partial charge in [0, 0.05) is 30.0 Å². The molecule has 1 aliphatic carbocycles. The lowest BCUT2D eigenvalue weighted by molar-refractivity contribution is -0.119. The number of allylic oxidation sites excluding steroid dienone is 1. The molecule has 1 amide bonds. The number of rotatable bonds is 5. The Hall–Kier alpha value is -3.80. The van der Waals surface area contributed by atoms with Crippen LogP contribution in [0.1, 0.15) is 56.4 Å². The number of hydrogen-bond donors (Lipinski definition) is 1. The summed E-state index contributed by atoms with van der Waals surface area (Å²) in [7, 11) is 1.62. The lowest BCUT2D eigenvalue weighted by Crippen LogP contribution is -2.39. The molecule has 0 saturated carbocycles. The van der Waals surface area contributed by atoms with E-state index in [1.165, 1.54) is 0 Å². The van der Waals surface area contributed by atoms with Crippen LogP contribution in [-0.4, -0.2) is 18.8 Å². The molecule has 3 aromatic rings. The Morgan fingerprint density at radius 2 is 1.86 bits per heavy atom. The Kier molecular flexibility index (Phi) is 6.20.